The minimum Gasteiger partial charge on any atom is -0.478 e. The molecule has 0 saturated heterocycles. The number of carboxylic acids is 1. The minimum absolute atomic E-state index is 0.264. The Balaban J connectivity index is 1.92. The van der Waals surface area contributed by atoms with Gasteiger partial charge >= 0.3 is 5.97 Å². The van der Waals surface area contributed by atoms with E-state index in [1.807, 2.05) is 24.4 Å². The number of hydrogen-bond donors (Lipinski definition) is 1. The summed E-state index contributed by atoms with van der Waals surface area (Å²) < 4.78 is 1.73. The van der Waals surface area contributed by atoms with Crippen molar-refractivity contribution in [3.05, 3.63) is 66.6 Å². The summed E-state index contributed by atoms with van der Waals surface area (Å²) in [6, 6.07) is 12.3. The number of hydrogen-bond acceptors (Lipinski definition) is 3. The van der Waals surface area contributed by atoms with Gasteiger partial charge in [-0.25, -0.2) is 9.48 Å². The maximum Gasteiger partial charge on any atom is 0.335 e. The number of rotatable bonds is 3. The molecule has 0 unspecified atom stereocenters. The van der Waals surface area contributed by atoms with Crippen LogP contribution < -0.4 is 0 Å². The molecule has 0 aliphatic carbocycles. The predicted octanol–water partition coefficient (Wildman–Crippen LogP) is 2.63. The van der Waals surface area contributed by atoms with E-state index in [1.54, 1.807) is 41.3 Å². The molecular formula is C15H11N3O2. The van der Waals surface area contributed by atoms with Crippen LogP contribution in [-0.4, -0.2) is 25.8 Å². The number of aromatic nitrogens is 3. The van der Waals surface area contributed by atoms with E-state index in [0.29, 0.717) is 0 Å². The van der Waals surface area contributed by atoms with Crippen molar-refractivity contribution in [2.75, 3.05) is 0 Å². The van der Waals surface area contributed by atoms with Gasteiger partial charge in [-0.3, -0.25) is 4.98 Å². The van der Waals surface area contributed by atoms with Crippen LogP contribution in [0.25, 0.3) is 16.9 Å². The minimum atomic E-state index is -0.933. The number of carboxylic acid groups (broad SMARTS) is 1. The fourth-order valence-corrected chi connectivity index (χ4v) is 1.89. The molecule has 0 aliphatic rings. The monoisotopic (exact) mass is 265 g/mol. The third-order valence-electron chi connectivity index (χ3n) is 2.93. The number of pyridine rings is 1. The van der Waals surface area contributed by atoms with Gasteiger partial charge in [0.05, 0.1) is 23.1 Å². The second kappa shape index (κ2) is 4.97. The molecule has 20 heavy (non-hydrogen) atoms. The lowest BCUT2D eigenvalue weighted by Crippen LogP contribution is -1.96. The maximum atomic E-state index is 10.8. The van der Waals surface area contributed by atoms with Crippen LogP contribution in [0.15, 0.2) is 61.1 Å². The molecule has 1 aromatic carbocycles. The van der Waals surface area contributed by atoms with Crippen molar-refractivity contribution in [2.45, 2.75) is 0 Å². The SMILES string of the molecule is O=C(O)c1ccc(-c2ccn(-c3cccnc3)n2)cc1. The van der Waals surface area contributed by atoms with Crippen LogP contribution >= 0.6 is 0 Å². The summed E-state index contributed by atoms with van der Waals surface area (Å²) in [5.41, 5.74) is 2.80. The second-order valence-corrected chi connectivity index (χ2v) is 4.24. The molecule has 0 radical (unpaired) electrons. The summed E-state index contributed by atoms with van der Waals surface area (Å²) >= 11 is 0. The lowest BCUT2D eigenvalue weighted by molar-refractivity contribution is 0.0697. The van der Waals surface area contributed by atoms with Crippen LogP contribution in [0, 0.1) is 0 Å². The van der Waals surface area contributed by atoms with Crippen LogP contribution in [0.4, 0.5) is 0 Å². The summed E-state index contributed by atoms with van der Waals surface area (Å²) in [6.07, 6.45) is 5.28. The molecule has 0 atom stereocenters. The first-order chi connectivity index (χ1) is 9.74. The van der Waals surface area contributed by atoms with E-state index in [1.165, 1.54) is 0 Å². The van der Waals surface area contributed by atoms with Gasteiger partial charge in [0.1, 0.15) is 0 Å². The van der Waals surface area contributed by atoms with E-state index >= 15 is 0 Å². The summed E-state index contributed by atoms with van der Waals surface area (Å²) in [4.78, 5) is 14.9. The molecule has 3 aromatic rings. The van der Waals surface area contributed by atoms with Crippen LogP contribution in [0.3, 0.4) is 0 Å². The van der Waals surface area contributed by atoms with E-state index in [2.05, 4.69) is 10.1 Å². The van der Waals surface area contributed by atoms with Crippen LogP contribution in [-0.2, 0) is 0 Å². The predicted molar refractivity (Wildman–Crippen MR) is 73.8 cm³/mol. The largest absolute Gasteiger partial charge is 0.478 e. The van der Waals surface area contributed by atoms with Crippen molar-refractivity contribution >= 4 is 5.97 Å². The van der Waals surface area contributed by atoms with Crippen LogP contribution in [0.2, 0.25) is 0 Å². The maximum absolute atomic E-state index is 10.8. The number of benzene rings is 1. The normalized spacial score (nSPS) is 10.4. The Morgan fingerprint density at radius 1 is 1.10 bits per heavy atom. The number of aromatic carboxylic acids is 1. The third-order valence-corrected chi connectivity index (χ3v) is 2.93. The first-order valence-electron chi connectivity index (χ1n) is 6.04. The van der Waals surface area contributed by atoms with Crippen LogP contribution in [0.1, 0.15) is 10.4 Å². The molecule has 5 heteroatoms. The fourth-order valence-electron chi connectivity index (χ4n) is 1.89. The van der Waals surface area contributed by atoms with Gasteiger partial charge < -0.3 is 5.11 Å². The van der Waals surface area contributed by atoms with Crippen molar-refractivity contribution < 1.29 is 9.90 Å². The Morgan fingerprint density at radius 2 is 1.90 bits per heavy atom. The van der Waals surface area contributed by atoms with E-state index < -0.39 is 5.97 Å². The Kier molecular flexibility index (Phi) is 3.01. The molecular weight excluding hydrogens is 254 g/mol. The molecule has 98 valence electrons. The zero-order valence-electron chi connectivity index (χ0n) is 10.5. The highest BCUT2D eigenvalue weighted by atomic mass is 16.4. The molecule has 5 nitrogen and oxygen atoms in total. The molecule has 0 spiro atoms. The summed E-state index contributed by atoms with van der Waals surface area (Å²) in [5.74, 6) is -0.933. The molecule has 0 aliphatic heterocycles. The second-order valence-electron chi connectivity index (χ2n) is 4.24. The van der Waals surface area contributed by atoms with Crippen molar-refractivity contribution in [2.24, 2.45) is 0 Å². The van der Waals surface area contributed by atoms with Gasteiger partial charge in [0, 0.05) is 18.0 Å². The van der Waals surface area contributed by atoms with Crippen molar-refractivity contribution in [1.82, 2.24) is 14.8 Å². The van der Waals surface area contributed by atoms with E-state index in [4.69, 9.17) is 5.11 Å². The molecule has 3 rings (SSSR count). The van der Waals surface area contributed by atoms with Gasteiger partial charge in [-0.05, 0) is 30.3 Å². The fraction of sp³-hybridized carbons (Fsp3) is 0. The van der Waals surface area contributed by atoms with Crippen molar-refractivity contribution in [3.63, 3.8) is 0 Å². The molecule has 0 fully saturated rings. The molecule has 0 amide bonds. The Labute approximate surface area is 115 Å². The number of nitrogens with zero attached hydrogens (tertiary/aromatic N) is 3. The molecule has 0 bridgehead atoms. The first-order valence-corrected chi connectivity index (χ1v) is 6.04. The Morgan fingerprint density at radius 3 is 2.55 bits per heavy atom. The third kappa shape index (κ3) is 2.29. The highest BCUT2D eigenvalue weighted by Gasteiger charge is 2.06. The standard InChI is InChI=1S/C15H11N3O2/c19-15(20)12-5-3-11(4-6-12)14-7-9-18(17-14)13-2-1-8-16-10-13/h1-10H,(H,19,20). The van der Waals surface area contributed by atoms with Crippen LogP contribution in [0.5, 0.6) is 0 Å². The topological polar surface area (TPSA) is 68.0 Å². The quantitative estimate of drug-likeness (QED) is 0.790. The van der Waals surface area contributed by atoms with Gasteiger partial charge in [-0.1, -0.05) is 12.1 Å². The highest BCUT2D eigenvalue weighted by molar-refractivity contribution is 5.88. The van der Waals surface area contributed by atoms with Crippen molar-refractivity contribution in [3.8, 4) is 16.9 Å². The smallest absolute Gasteiger partial charge is 0.335 e. The summed E-state index contributed by atoms with van der Waals surface area (Å²) in [7, 11) is 0. The summed E-state index contributed by atoms with van der Waals surface area (Å²) in [6.45, 7) is 0. The average Bonchev–Trinajstić information content (AvgIpc) is 2.98. The average molecular weight is 265 g/mol. The molecule has 0 saturated carbocycles. The van der Waals surface area contributed by atoms with Gasteiger partial charge in [-0.15, -0.1) is 0 Å². The lowest BCUT2D eigenvalue weighted by Gasteiger charge is -2.00. The zero-order valence-corrected chi connectivity index (χ0v) is 10.5. The summed E-state index contributed by atoms with van der Waals surface area (Å²) in [5, 5.41) is 13.3. The van der Waals surface area contributed by atoms with E-state index in [0.717, 1.165) is 16.9 Å². The molecule has 2 heterocycles. The Bertz CT molecular complexity index is 733. The van der Waals surface area contributed by atoms with Gasteiger partial charge in [0.2, 0.25) is 0 Å². The first kappa shape index (κ1) is 12.1. The molecule has 1 N–H and O–H groups in total. The van der Waals surface area contributed by atoms with E-state index in [-0.39, 0.29) is 5.56 Å². The number of carbonyl (C=O) groups is 1. The zero-order chi connectivity index (χ0) is 13.9. The van der Waals surface area contributed by atoms with Gasteiger partial charge in [0.25, 0.3) is 0 Å². The van der Waals surface area contributed by atoms with Gasteiger partial charge in [-0.2, -0.15) is 5.10 Å². The Hall–Kier alpha value is -2.95. The van der Waals surface area contributed by atoms with Crippen molar-refractivity contribution in [1.29, 1.82) is 0 Å². The van der Waals surface area contributed by atoms with Gasteiger partial charge in [0.15, 0.2) is 0 Å². The highest BCUT2D eigenvalue weighted by Crippen LogP contribution is 2.19. The molecule has 2 aromatic heterocycles. The lowest BCUT2D eigenvalue weighted by atomic mass is 10.1. The van der Waals surface area contributed by atoms with E-state index in [9.17, 15) is 4.79 Å².